The largest absolute Gasteiger partial charge is 0.496 e. The summed E-state index contributed by atoms with van der Waals surface area (Å²) in [6.45, 7) is -0.283. The van der Waals surface area contributed by atoms with Crippen molar-refractivity contribution in [1.82, 2.24) is 24.7 Å². The van der Waals surface area contributed by atoms with Crippen LogP contribution in [0.2, 0.25) is 0 Å². The number of aliphatic hydroxyl groups is 1. The van der Waals surface area contributed by atoms with Crippen molar-refractivity contribution in [3.8, 4) is 28.3 Å². The summed E-state index contributed by atoms with van der Waals surface area (Å²) in [7, 11) is 1.38. The fourth-order valence-corrected chi connectivity index (χ4v) is 4.78. The molecule has 4 heterocycles. The molecule has 0 saturated carbocycles. The number of pyridine rings is 1. The molecule has 0 bridgehead atoms. The Morgan fingerprint density at radius 3 is 2.73 bits per heavy atom. The number of anilines is 3. The molecule has 0 unspecified atom stereocenters. The molecule has 0 amide bonds. The minimum Gasteiger partial charge on any atom is -0.496 e. The van der Waals surface area contributed by atoms with Gasteiger partial charge < -0.3 is 25.8 Å². The molecule has 3 aromatic heterocycles. The van der Waals surface area contributed by atoms with E-state index in [1.54, 1.807) is 18.3 Å². The number of benzene rings is 1. The van der Waals surface area contributed by atoms with Crippen LogP contribution in [-0.4, -0.2) is 62.3 Å². The maximum Gasteiger partial charge on any atom is 0.408 e. The van der Waals surface area contributed by atoms with Gasteiger partial charge in [0, 0.05) is 60.6 Å². The first-order valence-corrected chi connectivity index (χ1v) is 12.8. The van der Waals surface area contributed by atoms with Gasteiger partial charge in [0.25, 0.3) is 0 Å². The average molecular weight is 573 g/mol. The van der Waals surface area contributed by atoms with E-state index in [1.807, 2.05) is 0 Å². The van der Waals surface area contributed by atoms with Crippen LogP contribution in [0.4, 0.5) is 34.9 Å². The van der Waals surface area contributed by atoms with E-state index >= 15 is 0 Å². The Balaban J connectivity index is 1.48. The molecule has 0 radical (unpaired) electrons. The van der Waals surface area contributed by atoms with E-state index in [2.05, 4.69) is 30.3 Å². The van der Waals surface area contributed by atoms with Gasteiger partial charge in [-0.3, -0.25) is 4.68 Å². The second-order valence-corrected chi connectivity index (χ2v) is 9.68. The summed E-state index contributed by atoms with van der Waals surface area (Å²) in [5.74, 6) is 0.302. The number of piperidine rings is 1. The highest BCUT2D eigenvalue weighted by Crippen LogP contribution is 2.36. The Morgan fingerprint density at radius 1 is 1.17 bits per heavy atom. The van der Waals surface area contributed by atoms with E-state index in [0.29, 0.717) is 41.4 Å². The SMILES string of the molecule is COc1cc(CO)cc(F)c1-c1nccc(Nc2cc(N3CCC[C@H](N)C3)c(-c3cnn(CC(F)(F)F)c3)cn2)n1. The molecule has 14 heteroatoms. The molecule has 1 aliphatic heterocycles. The van der Waals surface area contributed by atoms with Gasteiger partial charge in [-0.2, -0.15) is 18.3 Å². The van der Waals surface area contributed by atoms with Gasteiger partial charge in [-0.1, -0.05) is 0 Å². The molecule has 10 nitrogen and oxygen atoms in total. The third kappa shape index (κ3) is 6.55. The van der Waals surface area contributed by atoms with Crippen LogP contribution in [0, 0.1) is 5.82 Å². The molecule has 1 aromatic carbocycles. The summed E-state index contributed by atoms with van der Waals surface area (Å²) in [6.07, 6.45) is 3.06. The predicted octanol–water partition coefficient (Wildman–Crippen LogP) is 4.28. The zero-order valence-electron chi connectivity index (χ0n) is 22.1. The Labute approximate surface area is 232 Å². The molecule has 0 spiro atoms. The minimum atomic E-state index is -4.40. The van der Waals surface area contributed by atoms with Gasteiger partial charge in [0.05, 0.1) is 25.5 Å². The molecule has 1 saturated heterocycles. The third-order valence-corrected chi connectivity index (χ3v) is 6.62. The Kier molecular flexibility index (Phi) is 8.03. The van der Waals surface area contributed by atoms with Crippen LogP contribution in [0.3, 0.4) is 0 Å². The smallest absolute Gasteiger partial charge is 0.408 e. The maximum atomic E-state index is 14.9. The monoisotopic (exact) mass is 572 g/mol. The number of nitrogens with two attached hydrogens (primary N) is 1. The number of rotatable bonds is 8. The molecule has 216 valence electrons. The summed E-state index contributed by atoms with van der Waals surface area (Å²) >= 11 is 0. The molecular weight excluding hydrogens is 544 g/mol. The summed E-state index contributed by atoms with van der Waals surface area (Å²) in [5, 5.41) is 16.4. The highest BCUT2D eigenvalue weighted by molar-refractivity contribution is 5.80. The van der Waals surface area contributed by atoms with Gasteiger partial charge in [0.2, 0.25) is 0 Å². The zero-order valence-corrected chi connectivity index (χ0v) is 22.1. The lowest BCUT2D eigenvalue weighted by Crippen LogP contribution is -2.43. The van der Waals surface area contributed by atoms with Crippen molar-refractivity contribution in [3.63, 3.8) is 0 Å². The summed E-state index contributed by atoms with van der Waals surface area (Å²) < 4.78 is 59.8. The van der Waals surface area contributed by atoms with Crippen molar-refractivity contribution >= 4 is 17.3 Å². The number of aromatic nitrogens is 5. The fourth-order valence-electron chi connectivity index (χ4n) is 4.78. The van der Waals surface area contributed by atoms with Crippen molar-refractivity contribution in [2.45, 2.75) is 38.2 Å². The first-order valence-electron chi connectivity index (χ1n) is 12.8. The van der Waals surface area contributed by atoms with Crippen LogP contribution >= 0.6 is 0 Å². The van der Waals surface area contributed by atoms with Crippen molar-refractivity contribution < 1.29 is 27.4 Å². The second kappa shape index (κ2) is 11.7. The number of nitrogens with zero attached hydrogens (tertiary/aromatic N) is 6. The fraction of sp³-hybridized carbons (Fsp3) is 0.333. The van der Waals surface area contributed by atoms with Crippen LogP contribution in [0.15, 0.2) is 49.1 Å². The topological polar surface area (TPSA) is 127 Å². The van der Waals surface area contributed by atoms with Crippen LogP contribution in [0.1, 0.15) is 18.4 Å². The Hall–Kier alpha value is -4.30. The van der Waals surface area contributed by atoms with E-state index < -0.39 is 18.5 Å². The van der Waals surface area contributed by atoms with Crippen molar-refractivity contribution in [3.05, 3.63) is 60.4 Å². The lowest BCUT2D eigenvalue weighted by molar-refractivity contribution is -0.142. The molecule has 1 fully saturated rings. The van der Waals surface area contributed by atoms with Crippen molar-refractivity contribution in [1.29, 1.82) is 0 Å². The van der Waals surface area contributed by atoms with Crippen molar-refractivity contribution in [2.75, 3.05) is 30.4 Å². The first kappa shape index (κ1) is 28.2. The quantitative estimate of drug-likeness (QED) is 0.265. The third-order valence-electron chi connectivity index (χ3n) is 6.62. The number of ether oxygens (including phenoxy) is 1. The van der Waals surface area contributed by atoms with Crippen LogP contribution in [0.25, 0.3) is 22.5 Å². The Morgan fingerprint density at radius 2 is 2.00 bits per heavy atom. The van der Waals surface area contributed by atoms with E-state index in [4.69, 9.17) is 10.5 Å². The molecule has 41 heavy (non-hydrogen) atoms. The second-order valence-electron chi connectivity index (χ2n) is 9.68. The molecular formula is C27H28F4N8O2. The van der Waals surface area contributed by atoms with E-state index in [1.165, 1.54) is 37.8 Å². The number of nitrogens with one attached hydrogen (secondary N) is 1. The van der Waals surface area contributed by atoms with Crippen molar-refractivity contribution in [2.24, 2.45) is 5.73 Å². The van der Waals surface area contributed by atoms with Crippen LogP contribution in [0.5, 0.6) is 5.75 Å². The van der Waals surface area contributed by atoms with Gasteiger partial charge in [0.15, 0.2) is 5.82 Å². The summed E-state index contributed by atoms with van der Waals surface area (Å²) in [5.41, 5.74) is 8.43. The zero-order chi connectivity index (χ0) is 29.1. The molecule has 1 aliphatic rings. The lowest BCUT2D eigenvalue weighted by atomic mass is 10.0. The predicted molar refractivity (Wildman–Crippen MR) is 144 cm³/mol. The number of hydrogen-bond donors (Lipinski definition) is 3. The maximum absolute atomic E-state index is 14.9. The minimum absolute atomic E-state index is 0.0375. The summed E-state index contributed by atoms with van der Waals surface area (Å²) in [6, 6.07) is 6.00. The normalized spacial score (nSPS) is 15.7. The molecule has 4 N–H and O–H groups in total. The number of aliphatic hydroxyl groups excluding tert-OH is 1. The molecule has 1 atom stereocenters. The number of alkyl halides is 3. The van der Waals surface area contributed by atoms with E-state index in [9.17, 15) is 22.7 Å². The number of methoxy groups -OCH3 is 1. The van der Waals surface area contributed by atoms with Gasteiger partial charge in [-0.15, -0.1) is 0 Å². The van der Waals surface area contributed by atoms with Gasteiger partial charge in [0.1, 0.15) is 29.7 Å². The van der Waals surface area contributed by atoms with Gasteiger partial charge >= 0.3 is 6.18 Å². The molecule has 0 aliphatic carbocycles. The highest BCUT2D eigenvalue weighted by Gasteiger charge is 2.29. The average Bonchev–Trinajstić information content (AvgIpc) is 3.39. The molecule has 5 rings (SSSR count). The van der Waals surface area contributed by atoms with Crippen LogP contribution in [-0.2, 0) is 13.2 Å². The molecule has 4 aromatic rings. The first-order chi connectivity index (χ1) is 19.6. The van der Waals surface area contributed by atoms with Gasteiger partial charge in [-0.25, -0.2) is 19.3 Å². The van der Waals surface area contributed by atoms with Crippen LogP contribution < -0.4 is 20.7 Å². The van der Waals surface area contributed by atoms with E-state index in [0.717, 1.165) is 23.2 Å². The van der Waals surface area contributed by atoms with Gasteiger partial charge in [-0.05, 0) is 36.6 Å². The lowest BCUT2D eigenvalue weighted by Gasteiger charge is -2.34. The summed E-state index contributed by atoms with van der Waals surface area (Å²) in [4.78, 5) is 15.2. The Bertz CT molecular complexity index is 1530. The number of hydrogen-bond acceptors (Lipinski definition) is 9. The highest BCUT2D eigenvalue weighted by atomic mass is 19.4. The number of halogens is 4. The van der Waals surface area contributed by atoms with E-state index in [-0.39, 0.29) is 29.8 Å². The standard InChI is InChI=1S/C27H28F4N8O2/c1-41-22-8-16(14-40)7-20(28)25(22)26-33-5-4-23(37-26)36-24-9-21(38-6-2-3-18(32)13-38)19(11-34-24)17-10-35-39(12-17)15-27(29,30)31/h4-5,7-12,18,40H,2-3,6,13-15,32H2,1H3,(H,33,34,36,37)/t18-/m0/s1.